The molecule has 3 nitrogen and oxygen atoms in total. The van der Waals surface area contributed by atoms with E-state index in [1.165, 1.54) is 18.4 Å². The van der Waals surface area contributed by atoms with E-state index < -0.39 is 0 Å². The second-order valence-corrected chi connectivity index (χ2v) is 5.37. The van der Waals surface area contributed by atoms with Crippen LogP contribution in [0.3, 0.4) is 0 Å². The van der Waals surface area contributed by atoms with Gasteiger partial charge in [-0.15, -0.1) is 0 Å². The molecule has 0 saturated heterocycles. The zero-order valence-electron chi connectivity index (χ0n) is 10.6. The smallest absolute Gasteiger partial charge is 0.188 e. The maximum atomic E-state index is 5.84. The minimum Gasteiger partial charge on any atom is -0.370 e. The second-order valence-electron chi connectivity index (χ2n) is 5.37. The third kappa shape index (κ3) is 3.48. The molecular weight excluding hydrogens is 210 g/mol. The molecule has 0 atom stereocenters. The molecule has 0 spiro atoms. The molecule has 1 fully saturated rings. The quantitative estimate of drug-likeness (QED) is 0.615. The highest BCUT2D eigenvalue weighted by molar-refractivity contribution is 5.78. The normalized spacial score (nSPS) is 16.9. The second kappa shape index (κ2) is 4.78. The lowest BCUT2D eigenvalue weighted by Gasteiger charge is -2.23. The number of rotatable bonds is 4. The van der Waals surface area contributed by atoms with E-state index in [1.54, 1.807) is 0 Å². The van der Waals surface area contributed by atoms with E-state index in [4.69, 9.17) is 5.73 Å². The van der Waals surface area contributed by atoms with E-state index in [2.05, 4.69) is 48.4 Å². The molecule has 1 aromatic rings. The number of nitrogens with one attached hydrogen (secondary N) is 1. The maximum absolute atomic E-state index is 5.84. The van der Waals surface area contributed by atoms with Crippen LogP contribution < -0.4 is 11.1 Å². The van der Waals surface area contributed by atoms with Gasteiger partial charge in [-0.1, -0.05) is 44.2 Å². The summed E-state index contributed by atoms with van der Waals surface area (Å²) >= 11 is 0. The molecule has 1 aliphatic rings. The Kier molecular flexibility index (Phi) is 3.36. The third-order valence-corrected chi connectivity index (χ3v) is 3.13. The Labute approximate surface area is 103 Å². The number of hydrogen-bond donors (Lipinski definition) is 2. The number of aliphatic imine (C=N–C) groups is 1. The van der Waals surface area contributed by atoms with Gasteiger partial charge in [0, 0.05) is 11.5 Å². The van der Waals surface area contributed by atoms with Crippen molar-refractivity contribution in [1.29, 1.82) is 0 Å². The summed E-state index contributed by atoms with van der Waals surface area (Å²) in [5, 5.41) is 3.21. The van der Waals surface area contributed by atoms with Gasteiger partial charge in [-0.25, -0.2) is 0 Å². The van der Waals surface area contributed by atoms with Gasteiger partial charge in [0.25, 0.3) is 0 Å². The fourth-order valence-corrected chi connectivity index (χ4v) is 1.75. The summed E-state index contributed by atoms with van der Waals surface area (Å²) in [6.45, 7) is 5.09. The molecule has 0 heterocycles. The largest absolute Gasteiger partial charge is 0.370 e. The van der Waals surface area contributed by atoms with E-state index in [0.717, 1.165) is 0 Å². The first-order valence-electron chi connectivity index (χ1n) is 6.20. The van der Waals surface area contributed by atoms with Crippen LogP contribution in [0.5, 0.6) is 0 Å². The van der Waals surface area contributed by atoms with Crippen molar-refractivity contribution in [3.8, 4) is 0 Å². The first-order chi connectivity index (χ1) is 8.08. The number of nitrogens with zero attached hydrogens (tertiary/aromatic N) is 1. The predicted octanol–water partition coefficient (Wildman–Crippen LogP) is 2.03. The molecule has 1 saturated carbocycles. The molecule has 2 rings (SSSR count). The fourth-order valence-electron chi connectivity index (χ4n) is 1.75. The van der Waals surface area contributed by atoms with Crippen LogP contribution in [-0.4, -0.2) is 18.5 Å². The van der Waals surface area contributed by atoms with E-state index >= 15 is 0 Å². The van der Waals surface area contributed by atoms with E-state index in [0.29, 0.717) is 18.5 Å². The predicted molar refractivity (Wildman–Crippen MR) is 72.1 cm³/mol. The van der Waals surface area contributed by atoms with Gasteiger partial charge in [-0.3, -0.25) is 4.99 Å². The highest BCUT2D eigenvalue weighted by Crippen LogP contribution is 2.23. The van der Waals surface area contributed by atoms with Crippen LogP contribution in [0.1, 0.15) is 32.3 Å². The summed E-state index contributed by atoms with van der Waals surface area (Å²) in [6, 6.07) is 11.0. The highest BCUT2D eigenvalue weighted by Gasteiger charge is 2.23. The molecule has 0 bridgehead atoms. The number of guanidine groups is 1. The Morgan fingerprint density at radius 3 is 2.59 bits per heavy atom. The Bertz CT molecular complexity index is 391. The van der Waals surface area contributed by atoms with Crippen molar-refractivity contribution in [3.63, 3.8) is 0 Å². The van der Waals surface area contributed by atoms with Crippen LogP contribution in [0, 0.1) is 0 Å². The average molecular weight is 231 g/mol. The molecular formula is C14H21N3. The highest BCUT2D eigenvalue weighted by atomic mass is 15.1. The van der Waals surface area contributed by atoms with Gasteiger partial charge in [0.15, 0.2) is 5.96 Å². The van der Waals surface area contributed by atoms with E-state index in [9.17, 15) is 0 Å². The Morgan fingerprint density at radius 2 is 2.00 bits per heavy atom. The van der Waals surface area contributed by atoms with Crippen molar-refractivity contribution < 1.29 is 0 Å². The first-order valence-corrected chi connectivity index (χ1v) is 6.20. The van der Waals surface area contributed by atoms with E-state index in [-0.39, 0.29) is 5.41 Å². The monoisotopic (exact) mass is 231 g/mol. The van der Waals surface area contributed by atoms with Crippen LogP contribution in [0.15, 0.2) is 35.3 Å². The third-order valence-electron chi connectivity index (χ3n) is 3.13. The SMILES string of the molecule is CC(C)(CN=C(N)NC1CC1)c1ccccc1. The van der Waals surface area contributed by atoms with Crippen LogP contribution >= 0.6 is 0 Å². The maximum Gasteiger partial charge on any atom is 0.188 e. The van der Waals surface area contributed by atoms with Crippen molar-refractivity contribution >= 4 is 5.96 Å². The van der Waals surface area contributed by atoms with Crippen LogP contribution in [-0.2, 0) is 5.41 Å². The molecule has 17 heavy (non-hydrogen) atoms. The summed E-state index contributed by atoms with van der Waals surface area (Å²) in [7, 11) is 0. The van der Waals surface area contributed by atoms with Crippen molar-refractivity contribution in [3.05, 3.63) is 35.9 Å². The molecule has 0 aromatic heterocycles. The summed E-state index contributed by atoms with van der Waals surface area (Å²) in [5.74, 6) is 0.580. The molecule has 0 unspecified atom stereocenters. The minimum atomic E-state index is 0.0249. The molecule has 0 aliphatic heterocycles. The molecule has 1 aliphatic carbocycles. The topological polar surface area (TPSA) is 50.4 Å². The van der Waals surface area contributed by atoms with Crippen molar-refractivity contribution in [2.45, 2.75) is 38.1 Å². The van der Waals surface area contributed by atoms with Crippen molar-refractivity contribution in [1.82, 2.24) is 5.32 Å². The lowest BCUT2D eigenvalue weighted by Crippen LogP contribution is -2.35. The Hall–Kier alpha value is -1.51. The Morgan fingerprint density at radius 1 is 1.35 bits per heavy atom. The van der Waals surface area contributed by atoms with Gasteiger partial charge >= 0.3 is 0 Å². The van der Waals surface area contributed by atoms with E-state index in [1.807, 2.05) is 6.07 Å². The van der Waals surface area contributed by atoms with Gasteiger partial charge in [-0.05, 0) is 18.4 Å². The van der Waals surface area contributed by atoms with Crippen LogP contribution in [0.25, 0.3) is 0 Å². The molecule has 0 amide bonds. The lowest BCUT2D eigenvalue weighted by molar-refractivity contribution is 0.538. The fraction of sp³-hybridized carbons (Fsp3) is 0.500. The lowest BCUT2D eigenvalue weighted by atomic mass is 9.85. The number of nitrogens with two attached hydrogens (primary N) is 1. The zero-order chi connectivity index (χ0) is 12.3. The van der Waals surface area contributed by atoms with Crippen molar-refractivity contribution in [2.75, 3.05) is 6.54 Å². The van der Waals surface area contributed by atoms with Crippen molar-refractivity contribution in [2.24, 2.45) is 10.7 Å². The molecule has 3 heteroatoms. The molecule has 1 aromatic carbocycles. The van der Waals surface area contributed by atoms with Gasteiger partial charge < -0.3 is 11.1 Å². The molecule has 92 valence electrons. The molecule has 0 radical (unpaired) electrons. The summed E-state index contributed by atoms with van der Waals surface area (Å²) in [6.07, 6.45) is 2.44. The molecule has 3 N–H and O–H groups in total. The van der Waals surface area contributed by atoms with Crippen LogP contribution in [0.4, 0.5) is 0 Å². The zero-order valence-corrected chi connectivity index (χ0v) is 10.6. The standard InChI is InChI=1S/C14H21N3/c1-14(2,11-6-4-3-5-7-11)10-16-13(15)17-12-8-9-12/h3-7,12H,8-10H2,1-2H3,(H3,15,16,17). The number of benzene rings is 1. The first kappa shape index (κ1) is 12.0. The minimum absolute atomic E-state index is 0.0249. The average Bonchev–Trinajstić information content (AvgIpc) is 3.12. The van der Waals surface area contributed by atoms with Gasteiger partial charge in [-0.2, -0.15) is 0 Å². The summed E-state index contributed by atoms with van der Waals surface area (Å²) in [4.78, 5) is 4.44. The van der Waals surface area contributed by atoms with Gasteiger partial charge in [0.05, 0.1) is 6.54 Å². The summed E-state index contributed by atoms with van der Waals surface area (Å²) in [5.41, 5.74) is 7.16. The van der Waals surface area contributed by atoms with Gasteiger partial charge in [0.1, 0.15) is 0 Å². The summed E-state index contributed by atoms with van der Waals surface area (Å²) < 4.78 is 0. The van der Waals surface area contributed by atoms with Crippen LogP contribution in [0.2, 0.25) is 0 Å². The Balaban J connectivity index is 1.96. The number of hydrogen-bond acceptors (Lipinski definition) is 1. The van der Waals surface area contributed by atoms with Gasteiger partial charge in [0.2, 0.25) is 0 Å².